The van der Waals surface area contributed by atoms with Gasteiger partial charge in [-0.15, -0.1) is 0 Å². The summed E-state index contributed by atoms with van der Waals surface area (Å²) in [6, 6.07) is 0.623. The van der Waals surface area contributed by atoms with E-state index < -0.39 is 0 Å². The Balaban J connectivity index is 2.40. The van der Waals surface area contributed by atoms with Crippen LogP contribution in [-0.2, 0) is 4.74 Å². The van der Waals surface area contributed by atoms with Crippen LogP contribution < -0.4 is 0 Å². The first-order valence-corrected chi connectivity index (χ1v) is 3.77. The van der Waals surface area contributed by atoms with Gasteiger partial charge in [0, 0.05) is 19.7 Å². The SMILES string of the molecule is COC[C@H]1N(C)CC1(C)C. The summed E-state index contributed by atoms with van der Waals surface area (Å²) in [5, 5.41) is 0. The molecule has 0 aromatic rings. The second-order valence-electron chi connectivity index (χ2n) is 3.87. The van der Waals surface area contributed by atoms with Gasteiger partial charge < -0.3 is 4.74 Å². The molecule has 0 bridgehead atoms. The van der Waals surface area contributed by atoms with Crippen LogP contribution in [0.15, 0.2) is 0 Å². The Bertz CT molecular complexity index is 122. The second-order valence-corrected chi connectivity index (χ2v) is 3.87. The molecule has 0 aliphatic carbocycles. The van der Waals surface area contributed by atoms with E-state index in [9.17, 15) is 0 Å². The summed E-state index contributed by atoms with van der Waals surface area (Å²) in [4.78, 5) is 2.34. The quantitative estimate of drug-likeness (QED) is 0.571. The van der Waals surface area contributed by atoms with Crippen molar-refractivity contribution in [2.24, 2.45) is 5.41 Å². The van der Waals surface area contributed by atoms with Crippen molar-refractivity contribution >= 4 is 0 Å². The smallest absolute Gasteiger partial charge is 0.0623 e. The first-order valence-electron chi connectivity index (χ1n) is 3.77. The van der Waals surface area contributed by atoms with Crippen molar-refractivity contribution in [1.82, 2.24) is 4.90 Å². The van der Waals surface area contributed by atoms with Gasteiger partial charge in [0.2, 0.25) is 0 Å². The summed E-state index contributed by atoms with van der Waals surface area (Å²) in [6.45, 7) is 6.64. The third-order valence-electron chi connectivity index (χ3n) is 2.42. The first kappa shape index (κ1) is 8.02. The summed E-state index contributed by atoms with van der Waals surface area (Å²) in [5.41, 5.74) is 0.463. The van der Waals surface area contributed by atoms with Crippen LogP contribution in [0.3, 0.4) is 0 Å². The fourth-order valence-corrected chi connectivity index (χ4v) is 1.85. The molecule has 1 saturated heterocycles. The lowest BCUT2D eigenvalue weighted by molar-refractivity contribution is -0.0670. The van der Waals surface area contributed by atoms with Gasteiger partial charge in [-0.25, -0.2) is 0 Å². The Kier molecular flexibility index (Phi) is 2.02. The van der Waals surface area contributed by atoms with Crippen molar-refractivity contribution in [2.75, 3.05) is 27.3 Å². The lowest BCUT2D eigenvalue weighted by Gasteiger charge is -2.52. The van der Waals surface area contributed by atoms with Crippen molar-refractivity contribution in [3.05, 3.63) is 0 Å². The monoisotopic (exact) mass is 143 g/mol. The van der Waals surface area contributed by atoms with E-state index in [1.165, 1.54) is 6.54 Å². The van der Waals surface area contributed by atoms with Crippen molar-refractivity contribution < 1.29 is 4.74 Å². The first-order chi connectivity index (χ1) is 4.58. The Morgan fingerprint density at radius 3 is 2.40 bits per heavy atom. The summed E-state index contributed by atoms with van der Waals surface area (Å²) in [5.74, 6) is 0. The molecule has 2 nitrogen and oxygen atoms in total. The summed E-state index contributed by atoms with van der Waals surface area (Å²) >= 11 is 0. The molecule has 1 aliphatic heterocycles. The number of ether oxygens (including phenoxy) is 1. The second kappa shape index (κ2) is 2.51. The third-order valence-corrected chi connectivity index (χ3v) is 2.42. The highest BCUT2D eigenvalue weighted by Crippen LogP contribution is 2.35. The summed E-state index contributed by atoms with van der Waals surface area (Å²) in [6.07, 6.45) is 0. The Morgan fingerprint density at radius 2 is 2.20 bits per heavy atom. The maximum absolute atomic E-state index is 5.11. The van der Waals surface area contributed by atoms with Gasteiger partial charge in [0.05, 0.1) is 6.61 Å². The molecule has 0 unspecified atom stereocenters. The highest BCUT2D eigenvalue weighted by molar-refractivity contribution is 4.96. The number of likely N-dealkylation sites (tertiary alicyclic amines) is 1. The van der Waals surface area contributed by atoms with E-state index in [2.05, 4.69) is 25.8 Å². The fourth-order valence-electron chi connectivity index (χ4n) is 1.85. The highest BCUT2D eigenvalue weighted by Gasteiger charge is 2.42. The molecular weight excluding hydrogens is 126 g/mol. The Hall–Kier alpha value is -0.0800. The van der Waals surface area contributed by atoms with Crippen LogP contribution in [-0.4, -0.2) is 38.3 Å². The predicted octanol–water partition coefficient (Wildman–Crippen LogP) is 0.973. The molecule has 1 fully saturated rings. The minimum atomic E-state index is 0.463. The van der Waals surface area contributed by atoms with E-state index in [0.717, 1.165) is 6.61 Å². The predicted molar refractivity (Wildman–Crippen MR) is 42.1 cm³/mol. The largest absolute Gasteiger partial charge is 0.383 e. The molecule has 0 amide bonds. The van der Waals surface area contributed by atoms with Gasteiger partial charge in [0.1, 0.15) is 0 Å². The van der Waals surface area contributed by atoms with E-state index >= 15 is 0 Å². The molecule has 1 aliphatic rings. The maximum atomic E-state index is 5.11. The normalized spacial score (nSPS) is 31.8. The van der Waals surface area contributed by atoms with Gasteiger partial charge in [-0.05, 0) is 12.5 Å². The molecule has 60 valence electrons. The Labute approximate surface area is 63.2 Å². The zero-order valence-electron chi connectivity index (χ0n) is 7.35. The number of nitrogens with zero attached hydrogens (tertiary/aromatic N) is 1. The topological polar surface area (TPSA) is 12.5 Å². The average Bonchev–Trinajstić information content (AvgIpc) is 1.82. The minimum Gasteiger partial charge on any atom is -0.383 e. The maximum Gasteiger partial charge on any atom is 0.0623 e. The van der Waals surface area contributed by atoms with E-state index in [-0.39, 0.29) is 0 Å². The lowest BCUT2D eigenvalue weighted by Crippen LogP contribution is -2.61. The molecule has 1 atom stereocenters. The van der Waals surface area contributed by atoms with E-state index in [1.54, 1.807) is 7.11 Å². The van der Waals surface area contributed by atoms with Crippen LogP contribution in [0.1, 0.15) is 13.8 Å². The molecule has 0 radical (unpaired) electrons. The van der Waals surface area contributed by atoms with Crippen LogP contribution in [0.4, 0.5) is 0 Å². The number of hydrogen-bond donors (Lipinski definition) is 0. The molecule has 1 rings (SSSR count). The molecule has 0 aromatic heterocycles. The summed E-state index contributed by atoms with van der Waals surface area (Å²) in [7, 11) is 3.91. The third kappa shape index (κ3) is 1.18. The Morgan fingerprint density at radius 1 is 1.60 bits per heavy atom. The van der Waals surface area contributed by atoms with E-state index in [0.29, 0.717) is 11.5 Å². The van der Waals surface area contributed by atoms with Gasteiger partial charge in [-0.1, -0.05) is 13.8 Å². The average molecular weight is 143 g/mol. The number of methoxy groups -OCH3 is 1. The van der Waals surface area contributed by atoms with Crippen LogP contribution in [0.5, 0.6) is 0 Å². The van der Waals surface area contributed by atoms with Crippen molar-refractivity contribution in [3.63, 3.8) is 0 Å². The van der Waals surface area contributed by atoms with Gasteiger partial charge in [0.25, 0.3) is 0 Å². The fraction of sp³-hybridized carbons (Fsp3) is 1.00. The number of likely N-dealkylation sites (N-methyl/N-ethyl adjacent to an activating group) is 1. The molecule has 10 heavy (non-hydrogen) atoms. The zero-order valence-corrected chi connectivity index (χ0v) is 7.35. The van der Waals surface area contributed by atoms with Crippen molar-refractivity contribution in [3.8, 4) is 0 Å². The standard InChI is InChI=1S/C8H17NO/c1-8(2)6-9(3)7(8)5-10-4/h7H,5-6H2,1-4H3/t7-/m1/s1. The summed E-state index contributed by atoms with van der Waals surface area (Å²) < 4.78 is 5.11. The number of hydrogen-bond acceptors (Lipinski definition) is 2. The van der Waals surface area contributed by atoms with Gasteiger partial charge >= 0.3 is 0 Å². The zero-order chi connectivity index (χ0) is 7.78. The molecular formula is C8H17NO. The molecule has 0 saturated carbocycles. The molecule has 0 spiro atoms. The molecule has 0 N–H and O–H groups in total. The van der Waals surface area contributed by atoms with Crippen LogP contribution >= 0.6 is 0 Å². The van der Waals surface area contributed by atoms with Gasteiger partial charge in [-0.2, -0.15) is 0 Å². The van der Waals surface area contributed by atoms with Crippen LogP contribution in [0, 0.1) is 5.41 Å². The van der Waals surface area contributed by atoms with Gasteiger partial charge in [-0.3, -0.25) is 4.90 Å². The number of rotatable bonds is 2. The van der Waals surface area contributed by atoms with E-state index in [4.69, 9.17) is 4.74 Å². The van der Waals surface area contributed by atoms with Crippen LogP contribution in [0.2, 0.25) is 0 Å². The molecule has 1 heterocycles. The highest BCUT2D eigenvalue weighted by atomic mass is 16.5. The van der Waals surface area contributed by atoms with Crippen LogP contribution in [0.25, 0.3) is 0 Å². The van der Waals surface area contributed by atoms with Crippen molar-refractivity contribution in [2.45, 2.75) is 19.9 Å². The van der Waals surface area contributed by atoms with E-state index in [1.807, 2.05) is 0 Å². The van der Waals surface area contributed by atoms with Gasteiger partial charge in [0.15, 0.2) is 0 Å². The molecule has 2 heteroatoms. The lowest BCUT2D eigenvalue weighted by atomic mass is 9.76. The minimum absolute atomic E-state index is 0.463. The molecule has 0 aromatic carbocycles. The van der Waals surface area contributed by atoms with Crippen molar-refractivity contribution in [1.29, 1.82) is 0 Å².